The standard InChI is InChI=1S/C15H23NO/c1-11-6-5-7-12(8-11)14(17)9-13(16)10-15(2,3)4/h5-8,13H,9-10,16H2,1-4H3. The van der Waals surface area contributed by atoms with Crippen molar-refractivity contribution in [1.82, 2.24) is 0 Å². The zero-order chi connectivity index (χ0) is 13.1. The molecular weight excluding hydrogens is 210 g/mol. The lowest BCUT2D eigenvalue weighted by molar-refractivity contribution is 0.0968. The fraction of sp³-hybridized carbons (Fsp3) is 0.533. The molecule has 2 nitrogen and oxygen atoms in total. The van der Waals surface area contributed by atoms with Gasteiger partial charge in [0.15, 0.2) is 5.78 Å². The van der Waals surface area contributed by atoms with Crippen LogP contribution in [0.1, 0.15) is 49.5 Å². The Morgan fingerprint density at radius 2 is 2.00 bits per heavy atom. The summed E-state index contributed by atoms with van der Waals surface area (Å²) < 4.78 is 0. The molecule has 0 aromatic heterocycles. The van der Waals surface area contributed by atoms with Gasteiger partial charge in [-0.2, -0.15) is 0 Å². The number of ketones is 1. The molecule has 0 aliphatic carbocycles. The quantitative estimate of drug-likeness (QED) is 0.811. The van der Waals surface area contributed by atoms with E-state index in [0.717, 1.165) is 17.5 Å². The first-order valence-electron chi connectivity index (χ1n) is 6.13. The van der Waals surface area contributed by atoms with Crippen molar-refractivity contribution in [1.29, 1.82) is 0 Å². The van der Waals surface area contributed by atoms with Crippen molar-refractivity contribution in [2.24, 2.45) is 11.1 Å². The lowest BCUT2D eigenvalue weighted by atomic mass is 9.86. The molecule has 1 unspecified atom stereocenters. The van der Waals surface area contributed by atoms with Crippen LogP contribution in [0, 0.1) is 12.3 Å². The molecule has 0 aliphatic heterocycles. The minimum Gasteiger partial charge on any atom is -0.327 e. The summed E-state index contributed by atoms with van der Waals surface area (Å²) in [5.74, 6) is 0.144. The zero-order valence-electron chi connectivity index (χ0n) is 11.3. The Hall–Kier alpha value is -1.15. The van der Waals surface area contributed by atoms with Crippen LogP contribution >= 0.6 is 0 Å². The van der Waals surface area contributed by atoms with Crippen molar-refractivity contribution in [3.8, 4) is 0 Å². The molecule has 1 atom stereocenters. The maximum Gasteiger partial charge on any atom is 0.164 e. The topological polar surface area (TPSA) is 43.1 Å². The first-order chi connectivity index (χ1) is 7.78. The van der Waals surface area contributed by atoms with Crippen LogP contribution in [-0.2, 0) is 0 Å². The van der Waals surface area contributed by atoms with Crippen molar-refractivity contribution >= 4 is 5.78 Å². The van der Waals surface area contributed by atoms with Crippen LogP contribution in [0.5, 0.6) is 0 Å². The largest absolute Gasteiger partial charge is 0.327 e. The summed E-state index contributed by atoms with van der Waals surface area (Å²) in [6.45, 7) is 8.42. The number of hydrogen-bond acceptors (Lipinski definition) is 2. The van der Waals surface area contributed by atoms with E-state index in [-0.39, 0.29) is 17.2 Å². The molecule has 0 heterocycles. The summed E-state index contributed by atoms with van der Waals surface area (Å²) in [7, 11) is 0. The third-order valence-corrected chi connectivity index (χ3v) is 2.66. The second-order valence-electron chi connectivity index (χ2n) is 6.02. The predicted molar refractivity (Wildman–Crippen MR) is 72.2 cm³/mol. The van der Waals surface area contributed by atoms with E-state index in [1.807, 2.05) is 31.2 Å². The maximum absolute atomic E-state index is 12.0. The molecule has 0 aliphatic rings. The van der Waals surface area contributed by atoms with Crippen molar-refractivity contribution < 1.29 is 4.79 Å². The zero-order valence-corrected chi connectivity index (χ0v) is 11.3. The predicted octanol–water partition coefficient (Wildman–Crippen LogP) is 3.33. The number of hydrogen-bond donors (Lipinski definition) is 1. The van der Waals surface area contributed by atoms with E-state index in [1.165, 1.54) is 0 Å². The second kappa shape index (κ2) is 5.46. The highest BCUT2D eigenvalue weighted by atomic mass is 16.1. The SMILES string of the molecule is Cc1cccc(C(=O)CC(N)CC(C)(C)C)c1. The van der Waals surface area contributed by atoms with Gasteiger partial charge in [0, 0.05) is 18.0 Å². The number of rotatable bonds is 4. The van der Waals surface area contributed by atoms with Crippen molar-refractivity contribution in [2.75, 3.05) is 0 Å². The molecule has 2 heteroatoms. The highest BCUT2D eigenvalue weighted by Gasteiger charge is 2.18. The fourth-order valence-corrected chi connectivity index (χ4v) is 2.03. The van der Waals surface area contributed by atoms with Gasteiger partial charge in [0.2, 0.25) is 0 Å². The number of aryl methyl sites for hydroxylation is 1. The molecule has 0 radical (unpaired) electrons. The molecule has 0 saturated carbocycles. The first kappa shape index (κ1) is 13.9. The molecule has 1 aromatic rings. The maximum atomic E-state index is 12.0. The molecule has 17 heavy (non-hydrogen) atoms. The highest BCUT2D eigenvalue weighted by Crippen LogP contribution is 2.22. The summed E-state index contributed by atoms with van der Waals surface area (Å²) in [5, 5.41) is 0. The lowest BCUT2D eigenvalue weighted by Crippen LogP contribution is -2.29. The summed E-state index contributed by atoms with van der Waals surface area (Å²) in [4.78, 5) is 12.0. The summed E-state index contributed by atoms with van der Waals surface area (Å²) in [5.41, 5.74) is 8.07. The van der Waals surface area contributed by atoms with Gasteiger partial charge in [-0.05, 0) is 24.8 Å². The van der Waals surface area contributed by atoms with Gasteiger partial charge in [-0.15, -0.1) is 0 Å². The van der Waals surface area contributed by atoms with E-state index in [1.54, 1.807) is 0 Å². The van der Waals surface area contributed by atoms with E-state index in [0.29, 0.717) is 6.42 Å². The minimum absolute atomic E-state index is 0.0528. The van der Waals surface area contributed by atoms with Gasteiger partial charge in [-0.1, -0.05) is 44.5 Å². The third-order valence-electron chi connectivity index (χ3n) is 2.66. The van der Waals surface area contributed by atoms with Gasteiger partial charge in [0.1, 0.15) is 0 Å². The number of carbonyl (C=O) groups excluding carboxylic acids is 1. The van der Waals surface area contributed by atoms with E-state index >= 15 is 0 Å². The number of benzene rings is 1. The average Bonchev–Trinajstić information content (AvgIpc) is 2.14. The van der Waals surface area contributed by atoms with Crippen LogP contribution in [-0.4, -0.2) is 11.8 Å². The Labute approximate surface area is 104 Å². The van der Waals surface area contributed by atoms with Crippen molar-refractivity contribution in [2.45, 2.75) is 46.6 Å². The summed E-state index contributed by atoms with van der Waals surface area (Å²) in [6.07, 6.45) is 1.30. The minimum atomic E-state index is -0.0528. The van der Waals surface area contributed by atoms with Crippen LogP contribution in [0.3, 0.4) is 0 Å². The van der Waals surface area contributed by atoms with Crippen LogP contribution in [0.15, 0.2) is 24.3 Å². The molecule has 0 fully saturated rings. The van der Waals surface area contributed by atoms with Crippen LogP contribution in [0.2, 0.25) is 0 Å². The molecule has 1 rings (SSSR count). The van der Waals surface area contributed by atoms with Crippen LogP contribution in [0.25, 0.3) is 0 Å². The number of nitrogens with two attached hydrogens (primary N) is 1. The molecule has 0 amide bonds. The van der Waals surface area contributed by atoms with Gasteiger partial charge >= 0.3 is 0 Å². The summed E-state index contributed by atoms with van der Waals surface area (Å²) >= 11 is 0. The monoisotopic (exact) mass is 233 g/mol. The van der Waals surface area contributed by atoms with Gasteiger partial charge in [-0.25, -0.2) is 0 Å². The Balaban J connectivity index is 2.61. The van der Waals surface area contributed by atoms with Gasteiger partial charge in [0.05, 0.1) is 0 Å². The molecule has 2 N–H and O–H groups in total. The smallest absolute Gasteiger partial charge is 0.164 e. The van der Waals surface area contributed by atoms with E-state index in [2.05, 4.69) is 20.8 Å². The van der Waals surface area contributed by atoms with E-state index in [9.17, 15) is 4.79 Å². The van der Waals surface area contributed by atoms with Gasteiger partial charge < -0.3 is 5.73 Å². The van der Waals surface area contributed by atoms with Gasteiger partial charge in [-0.3, -0.25) is 4.79 Å². The Bertz CT molecular complexity index is 390. The Morgan fingerprint density at radius 3 is 2.53 bits per heavy atom. The van der Waals surface area contributed by atoms with E-state index in [4.69, 9.17) is 5.73 Å². The number of Topliss-reactive ketones (excluding diaryl/α,β-unsaturated/α-hetero) is 1. The van der Waals surface area contributed by atoms with Crippen molar-refractivity contribution in [3.05, 3.63) is 35.4 Å². The molecule has 0 spiro atoms. The Morgan fingerprint density at radius 1 is 1.35 bits per heavy atom. The molecule has 1 aromatic carbocycles. The van der Waals surface area contributed by atoms with Crippen LogP contribution in [0.4, 0.5) is 0 Å². The molecule has 0 bridgehead atoms. The highest BCUT2D eigenvalue weighted by molar-refractivity contribution is 5.96. The molecular formula is C15H23NO. The van der Waals surface area contributed by atoms with Gasteiger partial charge in [0.25, 0.3) is 0 Å². The Kier molecular flexibility index (Phi) is 4.47. The normalized spacial score (nSPS) is 13.5. The second-order valence-corrected chi connectivity index (χ2v) is 6.02. The fourth-order valence-electron chi connectivity index (χ4n) is 2.03. The number of carbonyl (C=O) groups is 1. The molecule has 94 valence electrons. The molecule has 0 saturated heterocycles. The summed E-state index contributed by atoms with van der Waals surface area (Å²) in [6, 6.07) is 7.64. The average molecular weight is 233 g/mol. The first-order valence-corrected chi connectivity index (χ1v) is 6.13. The third kappa shape index (κ3) is 5.14. The lowest BCUT2D eigenvalue weighted by Gasteiger charge is -2.22. The van der Waals surface area contributed by atoms with Crippen molar-refractivity contribution in [3.63, 3.8) is 0 Å². The van der Waals surface area contributed by atoms with E-state index < -0.39 is 0 Å². The van der Waals surface area contributed by atoms with Crippen LogP contribution < -0.4 is 5.73 Å².